The maximum Gasteiger partial charge on any atom is 0.320 e. The Morgan fingerprint density at radius 1 is 0.375 bits per heavy atom. The number of benzene rings is 2. The van der Waals surface area contributed by atoms with Crippen LogP contribution >= 0.6 is 0 Å². The van der Waals surface area contributed by atoms with Gasteiger partial charge in [-0.25, -0.2) is 0 Å². The number of carbonyl (C=O) groups excluding carboxylic acids is 2. The van der Waals surface area contributed by atoms with Gasteiger partial charge in [0.2, 0.25) is 0 Å². The molecule has 0 saturated carbocycles. The molecule has 0 N–H and O–H groups in total. The van der Waals surface area contributed by atoms with Crippen molar-refractivity contribution in [3.05, 3.63) is 59.7 Å². The van der Waals surface area contributed by atoms with E-state index in [0.717, 1.165) is 74.1 Å². The Morgan fingerprint density at radius 2 is 0.625 bits per heavy atom. The summed E-state index contributed by atoms with van der Waals surface area (Å²) in [5, 5.41) is 0. The van der Waals surface area contributed by atoms with Gasteiger partial charge in [-0.3, -0.25) is 19.4 Å². The van der Waals surface area contributed by atoms with Crippen LogP contribution < -0.4 is 0 Å². The van der Waals surface area contributed by atoms with Gasteiger partial charge in [0.25, 0.3) is 0 Å². The molecule has 318 valence electrons. The van der Waals surface area contributed by atoms with Crippen LogP contribution in [0.2, 0.25) is 0 Å². The molecule has 0 unspecified atom stereocenters. The number of hydrogen-bond acceptors (Lipinski definition) is 6. The van der Waals surface area contributed by atoms with E-state index < -0.39 is 0 Å². The van der Waals surface area contributed by atoms with Crippen LogP contribution in [0.15, 0.2) is 48.5 Å². The van der Waals surface area contributed by atoms with E-state index in [9.17, 15) is 9.59 Å². The topological polar surface area (TPSA) is 59.1 Å². The molecule has 0 bridgehead atoms. The van der Waals surface area contributed by atoms with Gasteiger partial charge < -0.3 is 9.47 Å². The molecule has 0 heterocycles. The highest BCUT2D eigenvalue weighted by molar-refractivity contribution is 5.72. The van der Waals surface area contributed by atoms with Crippen molar-refractivity contribution in [3.63, 3.8) is 0 Å². The molecule has 6 nitrogen and oxygen atoms in total. The van der Waals surface area contributed by atoms with Gasteiger partial charge in [0.05, 0.1) is 13.1 Å². The maximum atomic E-state index is 12.9. The Balaban J connectivity index is 1.80. The lowest BCUT2D eigenvalue weighted by atomic mass is 10.0. The quantitative estimate of drug-likeness (QED) is 0.0503. The summed E-state index contributed by atoms with van der Waals surface area (Å²) in [5.74, 6) is -0.267. The van der Waals surface area contributed by atoms with Crippen molar-refractivity contribution in [1.29, 1.82) is 0 Å². The van der Waals surface area contributed by atoms with Gasteiger partial charge in [0.15, 0.2) is 0 Å². The molecule has 6 heteroatoms. The van der Waals surface area contributed by atoms with Crippen molar-refractivity contribution in [3.8, 4) is 11.1 Å². The minimum absolute atomic E-state index is 0.134. The molecular weight excluding hydrogens is 693 g/mol. The first kappa shape index (κ1) is 49.4. The van der Waals surface area contributed by atoms with Crippen molar-refractivity contribution in [1.82, 2.24) is 9.80 Å². The Morgan fingerprint density at radius 3 is 0.893 bits per heavy atom. The van der Waals surface area contributed by atoms with Crippen molar-refractivity contribution in [2.24, 2.45) is 0 Å². The van der Waals surface area contributed by atoms with Crippen molar-refractivity contribution >= 4 is 11.9 Å². The number of hydrogen-bond donors (Lipinski definition) is 0. The maximum absolute atomic E-state index is 12.9. The number of esters is 2. The van der Waals surface area contributed by atoms with Gasteiger partial charge in [0.1, 0.15) is 13.2 Å². The molecule has 0 aliphatic rings. The smallest absolute Gasteiger partial charge is 0.320 e. The Bertz CT molecular complexity index is 1090. The first-order valence-corrected chi connectivity index (χ1v) is 23.4. The first-order chi connectivity index (χ1) is 27.5. The highest BCUT2D eigenvalue weighted by atomic mass is 16.5. The Hall–Kier alpha value is -2.70. The van der Waals surface area contributed by atoms with Crippen LogP contribution in [0.1, 0.15) is 193 Å². The molecule has 2 aromatic carbocycles. The SMILES string of the molecule is CCCCCCCCN(CCCCCCCC)CC(=O)OCc1ccc(-c2ccc(COC(=O)CN(CCCCCCCC)CCCCCCCC)cc2)cc1. The van der Waals surface area contributed by atoms with E-state index in [2.05, 4.69) is 61.8 Å². The zero-order valence-electron chi connectivity index (χ0n) is 36.8. The van der Waals surface area contributed by atoms with Crippen LogP contribution in [0.4, 0.5) is 0 Å². The van der Waals surface area contributed by atoms with Crippen LogP contribution in [-0.4, -0.2) is 61.0 Å². The van der Waals surface area contributed by atoms with Crippen LogP contribution in [0.25, 0.3) is 11.1 Å². The lowest BCUT2D eigenvalue weighted by Gasteiger charge is -2.21. The van der Waals surface area contributed by atoms with Crippen LogP contribution in [0.5, 0.6) is 0 Å². The molecule has 0 aromatic heterocycles. The predicted molar refractivity (Wildman–Crippen MR) is 238 cm³/mol. The highest BCUT2D eigenvalue weighted by Gasteiger charge is 2.14. The third-order valence-electron chi connectivity index (χ3n) is 11.1. The zero-order chi connectivity index (χ0) is 40.3. The van der Waals surface area contributed by atoms with Gasteiger partial charge in [-0.05, 0) is 74.1 Å². The molecule has 0 radical (unpaired) electrons. The van der Waals surface area contributed by atoms with Gasteiger partial charge in [-0.15, -0.1) is 0 Å². The van der Waals surface area contributed by atoms with Crippen LogP contribution in [-0.2, 0) is 32.3 Å². The van der Waals surface area contributed by atoms with Crippen LogP contribution in [0.3, 0.4) is 0 Å². The normalized spacial score (nSPS) is 11.5. The first-order valence-electron chi connectivity index (χ1n) is 23.4. The molecule has 2 rings (SSSR count). The summed E-state index contributed by atoms with van der Waals surface area (Å²) in [6.07, 6.45) is 30.3. The van der Waals surface area contributed by atoms with Crippen LogP contribution in [0, 0.1) is 0 Å². The molecular formula is C50H84N2O4. The highest BCUT2D eigenvalue weighted by Crippen LogP contribution is 2.21. The summed E-state index contributed by atoms with van der Waals surface area (Å²) in [4.78, 5) is 30.5. The average Bonchev–Trinajstić information content (AvgIpc) is 3.21. The molecule has 0 aliphatic carbocycles. The molecule has 56 heavy (non-hydrogen) atoms. The molecule has 0 saturated heterocycles. The van der Waals surface area contributed by atoms with Gasteiger partial charge >= 0.3 is 11.9 Å². The third kappa shape index (κ3) is 25.5. The molecule has 0 spiro atoms. The standard InChI is InChI=1S/C50H84N2O4/c1-5-9-13-17-21-25-37-51(38-26-22-18-14-10-6-2)41-49(53)55-43-45-29-33-47(34-30-45)48-35-31-46(32-36-48)44-56-50(54)42-52(39-27-23-19-15-11-7-3)40-28-24-20-16-12-8-4/h29-36H,5-28,37-44H2,1-4H3. The van der Waals surface area contributed by atoms with E-state index >= 15 is 0 Å². The fourth-order valence-electron chi connectivity index (χ4n) is 7.37. The summed E-state index contributed by atoms with van der Waals surface area (Å²) in [6.45, 7) is 14.3. The number of nitrogens with zero attached hydrogens (tertiary/aromatic N) is 2. The summed E-state index contributed by atoms with van der Waals surface area (Å²) in [5.41, 5.74) is 4.19. The van der Waals surface area contributed by atoms with E-state index in [1.165, 1.54) is 128 Å². The number of carbonyl (C=O) groups is 2. The minimum atomic E-state index is -0.134. The lowest BCUT2D eigenvalue weighted by Crippen LogP contribution is -2.32. The van der Waals surface area contributed by atoms with E-state index in [-0.39, 0.29) is 11.9 Å². The second-order valence-corrected chi connectivity index (χ2v) is 16.3. The van der Waals surface area contributed by atoms with Crippen molar-refractivity contribution in [2.75, 3.05) is 39.3 Å². The second kappa shape index (κ2) is 34.4. The third-order valence-corrected chi connectivity index (χ3v) is 11.1. The fourth-order valence-corrected chi connectivity index (χ4v) is 7.37. The molecule has 0 amide bonds. The summed E-state index contributed by atoms with van der Waals surface area (Å²) in [7, 11) is 0. The van der Waals surface area contributed by atoms with E-state index in [1.54, 1.807) is 0 Å². The number of rotatable bonds is 37. The van der Waals surface area contributed by atoms with Gasteiger partial charge in [-0.2, -0.15) is 0 Å². The molecule has 0 fully saturated rings. The van der Waals surface area contributed by atoms with E-state index in [1.807, 2.05) is 24.3 Å². The fraction of sp³-hybridized carbons (Fsp3) is 0.720. The second-order valence-electron chi connectivity index (χ2n) is 16.3. The number of ether oxygens (including phenoxy) is 2. The lowest BCUT2D eigenvalue weighted by molar-refractivity contribution is -0.147. The summed E-state index contributed by atoms with van der Waals surface area (Å²) >= 11 is 0. The largest absolute Gasteiger partial charge is 0.460 e. The zero-order valence-corrected chi connectivity index (χ0v) is 36.8. The van der Waals surface area contributed by atoms with Crippen molar-refractivity contribution in [2.45, 2.75) is 195 Å². The number of unbranched alkanes of at least 4 members (excludes halogenated alkanes) is 20. The predicted octanol–water partition coefficient (Wildman–Crippen LogP) is 13.5. The van der Waals surface area contributed by atoms with E-state index in [4.69, 9.17) is 9.47 Å². The van der Waals surface area contributed by atoms with Gasteiger partial charge in [-0.1, -0.05) is 205 Å². The Labute approximate surface area is 344 Å². The Kier molecular flexibility index (Phi) is 30.3. The molecule has 2 aromatic rings. The minimum Gasteiger partial charge on any atom is -0.460 e. The van der Waals surface area contributed by atoms with Gasteiger partial charge in [0, 0.05) is 0 Å². The summed E-state index contributed by atoms with van der Waals surface area (Å²) in [6, 6.07) is 16.5. The average molecular weight is 777 g/mol. The monoisotopic (exact) mass is 777 g/mol. The summed E-state index contributed by atoms with van der Waals surface area (Å²) < 4.78 is 11.5. The molecule has 0 atom stereocenters. The van der Waals surface area contributed by atoms with Crippen molar-refractivity contribution < 1.29 is 19.1 Å². The molecule has 0 aliphatic heterocycles. The van der Waals surface area contributed by atoms with E-state index in [0.29, 0.717) is 26.3 Å².